The Labute approximate surface area is 234 Å². The third kappa shape index (κ3) is 6.07. The predicted molar refractivity (Wildman–Crippen MR) is 152 cm³/mol. The van der Waals surface area contributed by atoms with Crippen LogP contribution in [0.15, 0.2) is 60.0 Å². The van der Waals surface area contributed by atoms with E-state index in [2.05, 4.69) is 30.6 Å². The number of carbonyl (C=O) groups is 1. The number of nitrogens with one attached hydrogen (secondary N) is 2. The van der Waals surface area contributed by atoms with Gasteiger partial charge in [0.2, 0.25) is 5.95 Å². The van der Waals surface area contributed by atoms with Gasteiger partial charge in [0.25, 0.3) is 0 Å². The van der Waals surface area contributed by atoms with Crippen LogP contribution in [-0.2, 0) is 27.7 Å². The van der Waals surface area contributed by atoms with Crippen molar-refractivity contribution in [1.82, 2.24) is 29.5 Å². The summed E-state index contributed by atoms with van der Waals surface area (Å²) in [5.74, 6) is 0.346. The van der Waals surface area contributed by atoms with Crippen LogP contribution in [0.2, 0.25) is 0 Å². The largest absolute Gasteiger partial charge is 0.462 e. The molecule has 4 aromatic heterocycles. The summed E-state index contributed by atoms with van der Waals surface area (Å²) < 4.78 is 30.7. The maximum atomic E-state index is 12.3. The van der Waals surface area contributed by atoms with Gasteiger partial charge in [-0.1, -0.05) is 23.5 Å². The third-order valence-electron chi connectivity index (χ3n) is 5.85. The van der Waals surface area contributed by atoms with Gasteiger partial charge in [-0.2, -0.15) is 9.97 Å². The van der Waals surface area contributed by atoms with Crippen molar-refractivity contribution in [2.45, 2.75) is 31.8 Å². The van der Waals surface area contributed by atoms with Crippen LogP contribution < -0.4 is 10.6 Å². The van der Waals surface area contributed by atoms with Gasteiger partial charge in [-0.15, -0.1) is 0 Å². The van der Waals surface area contributed by atoms with Crippen molar-refractivity contribution in [2.75, 3.05) is 23.5 Å². The Balaban J connectivity index is 1.49. The van der Waals surface area contributed by atoms with Crippen LogP contribution >= 0.6 is 11.3 Å². The van der Waals surface area contributed by atoms with Gasteiger partial charge in [-0.25, -0.2) is 23.2 Å². The fraction of sp³-hybridized carbons (Fsp3) is 0.231. The zero-order chi connectivity index (χ0) is 28.3. The summed E-state index contributed by atoms with van der Waals surface area (Å²) in [5, 5.41) is 6.89. The molecule has 12 nitrogen and oxygen atoms in total. The molecule has 0 aliphatic carbocycles. The lowest BCUT2D eigenvalue weighted by atomic mass is 10.2. The van der Waals surface area contributed by atoms with E-state index in [-0.39, 0.29) is 17.5 Å². The number of pyridine rings is 1. The van der Waals surface area contributed by atoms with E-state index in [0.29, 0.717) is 45.8 Å². The standard InChI is InChI=1S/C26H26N8O4S2/c1-4-38-24(35)21-16(2)30-26(39-21)33-25-31-22(28-13-17-9-11-27-12-10-17)20-23(32-25)34(15-29-20)14-18-5-7-19(8-6-18)40(3,36)37/h5-12,15H,4,13-14H2,1-3H3,(H2,28,30,31,32,33). The molecule has 206 valence electrons. The van der Waals surface area contributed by atoms with Gasteiger partial charge in [0.1, 0.15) is 4.88 Å². The molecule has 1 aromatic carbocycles. The Bertz CT molecular complexity index is 1770. The maximum absolute atomic E-state index is 12.3. The first-order valence-electron chi connectivity index (χ1n) is 12.3. The molecule has 0 spiro atoms. The van der Waals surface area contributed by atoms with Crippen LogP contribution in [0, 0.1) is 6.92 Å². The van der Waals surface area contributed by atoms with E-state index in [1.54, 1.807) is 56.8 Å². The topological polar surface area (TPSA) is 154 Å². The van der Waals surface area contributed by atoms with E-state index in [9.17, 15) is 13.2 Å². The Hall–Kier alpha value is -4.43. The summed E-state index contributed by atoms with van der Waals surface area (Å²) in [4.78, 5) is 35.3. The fourth-order valence-corrected chi connectivity index (χ4v) is 5.38. The number of hydrogen-bond acceptors (Lipinski definition) is 12. The quantitative estimate of drug-likeness (QED) is 0.231. The smallest absolute Gasteiger partial charge is 0.350 e. The van der Waals surface area contributed by atoms with E-state index in [1.165, 1.54) is 6.26 Å². The predicted octanol–water partition coefficient (Wildman–Crippen LogP) is 3.97. The number of esters is 1. The fourth-order valence-electron chi connectivity index (χ4n) is 3.90. The van der Waals surface area contributed by atoms with Crippen molar-refractivity contribution >= 4 is 55.2 Å². The van der Waals surface area contributed by atoms with Crippen LogP contribution in [0.3, 0.4) is 0 Å². The van der Waals surface area contributed by atoms with Crippen molar-refractivity contribution in [1.29, 1.82) is 0 Å². The summed E-state index contributed by atoms with van der Waals surface area (Å²) in [6.45, 7) is 4.65. The summed E-state index contributed by atoms with van der Waals surface area (Å²) in [5.41, 5.74) is 3.55. The van der Waals surface area contributed by atoms with E-state index >= 15 is 0 Å². The van der Waals surface area contributed by atoms with Gasteiger partial charge >= 0.3 is 5.97 Å². The minimum absolute atomic E-state index is 0.254. The SMILES string of the molecule is CCOC(=O)c1sc(Nc2nc(NCc3ccncc3)c3ncn(Cc4ccc(S(C)(=O)=O)cc4)c3n2)nc1C. The van der Waals surface area contributed by atoms with Crippen molar-refractivity contribution in [3.8, 4) is 0 Å². The highest BCUT2D eigenvalue weighted by Crippen LogP contribution is 2.28. The molecule has 0 radical (unpaired) electrons. The van der Waals surface area contributed by atoms with Gasteiger partial charge < -0.3 is 14.6 Å². The van der Waals surface area contributed by atoms with Crippen molar-refractivity contribution in [2.24, 2.45) is 0 Å². The molecule has 0 amide bonds. The second-order valence-corrected chi connectivity index (χ2v) is 11.9. The van der Waals surface area contributed by atoms with Crippen molar-refractivity contribution in [3.63, 3.8) is 0 Å². The number of nitrogens with zero attached hydrogens (tertiary/aromatic N) is 6. The number of anilines is 3. The number of sulfone groups is 1. The lowest BCUT2D eigenvalue weighted by molar-refractivity contribution is 0.0531. The normalized spacial score (nSPS) is 11.5. The van der Waals surface area contributed by atoms with Crippen LogP contribution in [0.4, 0.5) is 16.9 Å². The van der Waals surface area contributed by atoms with Crippen LogP contribution in [0.25, 0.3) is 11.2 Å². The lowest BCUT2D eigenvalue weighted by Crippen LogP contribution is -2.07. The molecule has 0 saturated carbocycles. The van der Waals surface area contributed by atoms with E-state index in [1.807, 2.05) is 16.7 Å². The van der Waals surface area contributed by atoms with Crippen molar-refractivity contribution in [3.05, 3.63) is 76.8 Å². The number of aromatic nitrogens is 6. The Kier molecular flexibility index (Phi) is 7.71. The van der Waals surface area contributed by atoms with Crippen LogP contribution in [0.1, 0.15) is 33.4 Å². The second kappa shape index (κ2) is 11.4. The maximum Gasteiger partial charge on any atom is 0.350 e. The molecule has 5 aromatic rings. The number of rotatable bonds is 10. The number of aryl methyl sites for hydroxylation is 1. The minimum Gasteiger partial charge on any atom is -0.462 e. The Morgan fingerprint density at radius 3 is 2.50 bits per heavy atom. The average Bonchev–Trinajstić information content (AvgIpc) is 3.50. The highest BCUT2D eigenvalue weighted by Gasteiger charge is 2.19. The number of hydrogen-bond donors (Lipinski definition) is 2. The first-order chi connectivity index (χ1) is 19.2. The summed E-state index contributed by atoms with van der Waals surface area (Å²) in [6, 6.07) is 10.5. The molecule has 0 atom stereocenters. The minimum atomic E-state index is -3.29. The first kappa shape index (κ1) is 27.1. The van der Waals surface area contributed by atoms with Gasteiger partial charge in [0, 0.05) is 25.2 Å². The second-order valence-electron chi connectivity index (χ2n) is 8.84. The number of thiazole rings is 1. The molecule has 0 aliphatic heterocycles. The Morgan fingerprint density at radius 2 is 1.80 bits per heavy atom. The van der Waals surface area contributed by atoms with Gasteiger partial charge in [0.15, 0.2) is 32.0 Å². The zero-order valence-electron chi connectivity index (χ0n) is 22.0. The molecule has 40 heavy (non-hydrogen) atoms. The zero-order valence-corrected chi connectivity index (χ0v) is 23.6. The van der Waals surface area contributed by atoms with E-state index in [4.69, 9.17) is 9.72 Å². The number of ether oxygens (including phenoxy) is 1. The molecule has 0 aliphatic rings. The van der Waals surface area contributed by atoms with Gasteiger partial charge in [-0.3, -0.25) is 10.3 Å². The molecule has 0 bridgehead atoms. The molecule has 4 heterocycles. The highest BCUT2D eigenvalue weighted by atomic mass is 32.2. The van der Waals surface area contributed by atoms with Crippen LogP contribution in [0.5, 0.6) is 0 Å². The molecular formula is C26H26N8O4S2. The molecule has 0 fully saturated rings. The number of imidazole rings is 1. The molecule has 0 saturated heterocycles. The van der Waals surface area contributed by atoms with E-state index < -0.39 is 15.8 Å². The number of carbonyl (C=O) groups excluding carboxylic acids is 1. The molecule has 14 heteroatoms. The van der Waals surface area contributed by atoms with Crippen molar-refractivity contribution < 1.29 is 17.9 Å². The summed E-state index contributed by atoms with van der Waals surface area (Å²) in [7, 11) is -3.29. The lowest BCUT2D eigenvalue weighted by Gasteiger charge is -2.10. The molecular weight excluding hydrogens is 552 g/mol. The van der Waals surface area contributed by atoms with Gasteiger partial charge in [-0.05, 0) is 49.2 Å². The molecule has 2 N–H and O–H groups in total. The highest BCUT2D eigenvalue weighted by molar-refractivity contribution is 7.90. The molecule has 5 rings (SSSR count). The van der Waals surface area contributed by atoms with Gasteiger partial charge in [0.05, 0.1) is 30.1 Å². The number of fused-ring (bicyclic) bond motifs is 1. The summed E-state index contributed by atoms with van der Waals surface area (Å²) in [6.07, 6.45) is 6.28. The number of benzene rings is 1. The summed E-state index contributed by atoms with van der Waals surface area (Å²) >= 11 is 1.16. The first-order valence-corrected chi connectivity index (χ1v) is 15.0. The monoisotopic (exact) mass is 578 g/mol. The average molecular weight is 579 g/mol. The van der Waals surface area contributed by atoms with E-state index in [0.717, 1.165) is 22.5 Å². The molecule has 0 unspecified atom stereocenters. The van der Waals surface area contributed by atoms with Crippen LogP contribution in [-0.4, -0.2) is 56.7 Å². The third-order valence-corrected chi connectivity index (χ3v) is 8.04. The Morgan fingerprint density at radius 1 is 1.05 bits per heavy atom.